The summed E-state index contributed by atoms with van der Waals surface area (Å²) in [5.41, 5.74) is 1.87. The van der Waals surface area contributed by atoms with Gasteiger partial charge in [-0.15, -0.1) is 0 Å². The third-order valence-corrected chi connectivity index (χ3v) is 6.60. The van der Waals surface area contributed by atoms with Crippen LogP contribution in [0.4, 0.5) is 0 Å². The van der Waals surface area contributed by atoms with Crippen molar-refractivity contribution in [2.45, 2.75) is 58.7 Å². The quantitative estimate of drug-likeness (QED) is 0.381. The Bertz CT molecular complexity index is 1130. The Kier molecular flexibility index (Phi) is 8.76. The minimum Gasteiger partial charge on any atom is -0.352 e. The van der Waals surface area contributed by atoms with Crippen LogP contribution in [0.15, 0.2) is 60.7 Å². The first-order chi connectivity index (χ1) is 15.8. The number of fused-ring (bicyclic) bond motifs is 1. The van der Waals surface area contributed by atoms with E-state index in [2.05, 4.69) is 29.6 Å². The molecule has 0 aliphatic heterocycles. The molecule has 0 aromatic heterocycles. The van der Waals surface area contributed by atoms with Gasteiger partial charge in [0.05, 0.1) is 0 Å². The van der Waals surface area contributed by atoms with Crippen LogP contribution < -0.4 is 5.32 Å². The van der Waals surface area contributed by atoms with Crippen molar-refractivity contribution in [3.63, 3.8) is 0 Å². The summed E-state index contributed by atoms with van der Waals surface area (Å²) in [6.45, 7) is 5.96. The molecule has 3 aromatic carbocycles. The monoisotopic (exact) mass is 484 g/mol. The molecule has 2 amide bonds. The second-order valence-corrected chi connectivity index (χ2v) is 9.23. The van der Waals surface area contributed by atoms with E-state index < -0.39 is 6.04 Å². The van der Waals surface area contributed by atoms with E-state index >= 15 is 0 Å². The van der Waals surface area contributed by atoms with Crippen molar-refractivity contribution in [3.05, 3.63) is 81.8 Å². The van der Waals surface area contributed by atoms with Crippen molar-refractivity contribution in [3.8, 4) is 0 Å². The highest BCUT2D eigenvalue weighted by Crippen LogP contribution is 2.24. The van der Waals surface area contributed by atoms with Crippen LogP contribution in [0.2, 0.25) is 10.0 Å². The Hall–Kier alpha value is -2.56. The van der Waals surface area contributed by atoms with Crippen LogP contribution in [0.25, 0.3) is 10.8 Å². The molecule has 2 atom stereocenters. The topological polar surface area (TPSA) is 49.4 Å². The third-order valence-electron chi connectivity index (χ3n) is 6.01. The summed E-state index contributed by atoms with van der Waals surface area (Å²) in [6.07, 6.45) is 1.70. The summed E-state index contributed by atoms with van der Waals surface area (Å²) in [7, 11) is 0. The van der Waals surface area contributed by atoms with Crippen molar-refractivity contribution in [1.29, 1.82) is 0 Å². The average molecular weight is 485 g/mol. The van der Waals surface area contributed by atoms with Gasteiger partial charge in [0.2, 0.25) is 11.8 Å². The van der Waals surface area contributed by atoms with E-state index in [1.165, 1.54) is 0 Å². The van der Waals surface area contributed by atoms with Gasteiger partial charge in [0.25, 0.3) is 0 Å². The minimum atomic E-state index is -0.634. The van der Waals surface area contributed by atoms with E-state index in [1.54, 1.807) is 30.0 Å². The molecule has 33 heavy (non-hydrogen) atoms. The van der Waals surface area contributed by atoms with Gasteiger partial charge in [-0.25, -0.2) is 0 Å². The second-order valence-electron chi connectivity index (χ2n) is 8.39. The predicted octanol–water partition coefficient (Wildman–Crippen LogP) is 6.41. The van der Waals surface area contributed by atoms with E-state index in [0.29, 0.717) is 22.9 Å². The normalized spacial score (nSPS) is 12.9. The molecule has 0 aliphatic rings. The lowest BCUT2D eigenvalue weighted by Crippen LogP contribution is -2.49. The van der Waals surface area contributed by atoms with Gasteiger partial charge in [-0.1, -0.05) is 78.7 Å². The second kappa shape index (κ2) is 11.5. The molecule has 0 fully saturated rings. The summed E-state index contributed by atoms with van der Waals surface area (Å²) < 4.78 is 0. The van der Waals surface area contributed by atoms with Crippen molar-refractivity contribution >= 4 is 45.8 Å². The van der Waals surface area contributed by atoms with Crippen LogP contribution in [0, 0.1) is 0 Å². The summed E-state index contributed by atoms with van der Waals surface area (Å²) in [5, 5.41) is 6.28. The zero-order valence-corrected chi connectivity index (χ0v) is 20.8. The van der Waals surface area contributed by atoms with Gasteiger partial charge in [0.15, 0.2) is 0 Å². The fourth-order valence-corrected chi connectivity index (χ4v) is 4.25. The molecular formula is C27H30Cl2N2O2. The first-order valence-electron chi connectivity index (χ1n) is 11.3. The number of benzene rings is 3. The average Bonchev–Trinajstić information content (AvgIpc) is 2.81. The Balaban J connectivity index is 1.82. The molecule has 3 rings (SSSR count). The molecule has 0 bridgehead atoms. The van der Waals surface area contributed by atoms with E-state index in [-0.39, 0.29) is 24.4 Å². The van der Waals surface area contributed by atoms with Crippen molar-refractivity contribution < 1.29 is 9.59 Å². The van der Waals surface area contributed by atoms with Crippen molar-refractivity contribution in [1.82, 2.24) is 10.2 Å². The number of hydrogen-bond donors (Lipinski definition) is 1. The molecule has 0 spiro atoms. The van der Waals surface area contributed by atoms with Gasteiger partial charge in [-0.2, -0.15) is 0 Å². The van der Waals surface area contributed by atoms with Crippen molar-refractivity contribution in [2.24, 2.45) is 0 Å². The highest BCUT2D eigenvalue weighted by atomic mass is 35.5. The molecule has 0 saturated carbocycles. The molecule has 1 N–H and O–H groups in total. The van der Waals surface area contributed by atoms with E-state index in [1.807, 2.05) is 32.0 Å². The molecule has 6 heteroatoms. The molecule has 0 radical (unpaired) electrons. The minimum absolute atomic E-state index is 0.0340. The zero-order valence-electron chi connectivity index (χ0n) is 19.3. The van der Waals surface area contributed by atoms with Gasteiger partial charge in [0.1, 0.15) is 6.04 Å². The fraction of sp³-hybridized carbons (Fsp3) is 0.333. The van der Waals surface area contributed by atoms with Gasteiger partial charge in [0, 0.05) is 29.1 Å². The number of nitrogens with one attached hydrogen (secondary N) is 1. The molecule has 0 heterocycles. The van der Waals surface area contributed by atoms with Crippen LogP contribution in [0.1, 0.15) is 44.7 Å². The molecule has 0 saturated heterocycles. The molecule has 0 aliphatic carbocycles. The fourth-order valence-electron chi connectivity index (χ4n) is 3.78. The molecule has 4 nitrogen and oxygen atoms in total. The lowest BCUT2D eigenvalue weighted by Gasteiger charge is -2.30. The van der Waals surface area contributed by atoms with Crippen LogP contribution in [0.5, 0.6) is 0 Å². The summed E-state index contributed by atoms with van der Waals surface area (Å²) in [4.78, 5) is 27.9. The highest BCUT2D eigenvalue weighted by Gasteiger charge is 2.27. The van der Waals surface area contributed by atoms with Gasteiger partial charge in [-0.05, 0) is 60.7 Å². The summed E-state index contributed by atoms with van der Waals surface area (Å²) in [5.74, 6) is -0.270. The first kappa shape index (κ1) is 25.1. The lowest BCUT2D eigenvalue weighted by atomic mass is 10.0. The lowest BCUT2D eigenvalue weighted by molar-refractivity contribution is -0.140. The Morgan fingerprint density at radius 3 is 2.42 bits per heavy atom. The van der Waals surface area contributed by atoms with Crippen LogP contribution >= 0.6 is 23.2 Å². The predicted molar refractivity (Wildman–Crippen MR) is 137 cm³/mol. The maximum absolute atomic E-state index is 13.4. The number of carbonyl (C=O) groups excluding carboxylic acids is 2. The number of carbonyl (C=O) groups is 2. The maximum Gasteiger partial charge on any atom is 0.242 e. The third kappa shape index (κ3) is 6.49. The molecule has 0 unspecified atom stereocenters. The molecule has 174 valence electrons. The van der Waals surface area contributed by atoms with Crippen molar-refractivity contribution in [2.75, 3.05) is 0 Å². The Labute approximate surface area is 205 Å². The first-order valence-corrected chi connectivity index (χ1v) is 12.1. The maximum atomic E-state index is 13.4. The number of halogens is 2. The van der Waals surface area contributed by atoms with Crippen LogP contribution in [0.3, 0.4) is 0 Å². The molecule has 3 aromatic rings. The summed E-state index contributed by atoms with van der Waals surface area (Å²) in [6, 6.07) is 18.9. The number of amides is 2. The van der Waals surface area contributed by atoms with E-state index in [4.69, 9.17) is 23.2 Å². The SMILES string of the molecule is CC[C@H](C)NC(=O)[C@@H](C)N(Cc1ccc(Cl)cc1Cl)C(=O)CCc1cccc2ccccc12. The number of nitrogens with zero attached hydrogens (tertiary/aromatic N) is 1. The van der Waals surface area contributed by atoms with Gasteiger partial charge >= 0.3 is 0 Å². The van der Waals surface area contributed by atoms with Gasteiger partial charge in [-0.3, -0.25) is 9.59 Å². The van der Waals surface area contributed by atoms with E-state index in [9.17, 15) is 9.59 Å². The highest BCUT2D eigenvalue weighted by molar-refractivity contribution is 6.35. The number of rotatable bonds is 9. The smallest absolute Gasteiger partial charge is 0.242 e. The Morgan fingerprint density at radius 2 is 1.70 bits per heavy atom. The van der Waals surface area contributed by atoms with Crippen LogP contribution in [-0.4, -0.2) is 28.8 Å². The number of aryl methyl sites for hydroxylation is 1. The standard InChI is InChI=1S/C27H30Cl2N2O2/c1-4-18(2)30-27(33)19(3)31(17-22-12-14-23(28)16-25(22)29)26(32)15-13-21-10-7-9-20-8-5-6-11-24(20)21/h5-12,14,16,18-19H,4,13,15,17H2,1-3H3,(H,30,33)/t18-,19+/m0/s1. The van der Waals surface area contributed by atoms with Crippen LogP contribution in [-0.2, 0) is 22.6 Å². The Morgan fingerprint density at radius 1 is 0.970 bits per heavy atom. The summed E-state index contributed by atoms with van der Waals surface area (Å²) >= 11 is 12.4. The largest absolute Gasteiger partial charge is 0.352 e. The number of hydrogen-bond acceptors (Lipinski definition) is 2. The van der Waals surface area contributed by atoms with E-state index in [0.717, 1.165) is 28.3 Å². The zero-order chi connectivity index (χ0) is 24.0. The molecular weight excluding hydrogens is 455 g/mol. The van der Waals surface area contributed by atoms with Gasteiger partial charge < -0.3 is 10.2 Å².